The van der Waals surface area contributed by atoms with E-state index in [0.29, 0.717) is 27.6 Å². The summed E-state index contributed by atoms with van der Waals surface area (Å²) >= 11 is 11.4. The predicted molar refractivity (Wildman–Crippen MR) is 123 cm³/mol. The molecule has 2 heterocycles. The molecule has 0 aliphatic rings. The number of nitrogens with one attached hydrogen (secondary N) is 3. The van der Waals surface area contributed by atoms with E-state index in [1.165, 1.54) is 0 Å². The lowest BCUT2D eigenvalue weighted by Gasteiger charge is -2.14. The largest absolute Gasteiger partial charge is 0.330 e. The van der Waals surface area contributed by atoms with Gasteiger partial charge in [0.15, 0.2) is 10.8 Å². The van der Waals surface area contributed by atoms with Gasteiger partial charge in [0.25, 0.3) is 5.91 Å². The topological polar surface area (TPSA) is 78.9 Å². The van der Waals surface area contributed by atoms with Crippen molar-refractivity contribution in [3.8, 4) is 11.3 Å². The Bertz CT molecular complexity index is 1230. The molecule has 0 saturated heterocycles. The molecule has 4 rings (SSSR count). The van der Waals surface area contributed by atoms with E-state index >= 15 is 0 Å². The van der Waals surface area contributed by atoms with E-state index in [9.17, 15) is 4.79 Å². The molecule has 2 aromatic heterocycles. The molecule has 6 nitrogen and oxygen atoms in total. The summed E-state index contributed by atoms with van der Waals surface area (Å²) in [5.74, 6) is -0.379. The van der Waals surface area contributed by atoms with Crippen LogP contribution in [0.1, 0.15) is 10.4 Å². The fraction of sp³-hybridized carbons (Fsp3) is 0. The van der Waals surface area contributed by atoms with E-state index in [4.69, 9.17) is 23.8 Å². The number of nitrogens with zero attached hydrogens (tertiary/aromatic N) is 2. The van der Waals surface area contributed by atoms with Crippen LogP contribution in [0.5, 0.6) is 0 Å². The third-order valence-electron chi connectivity index (χ3n) is 4.29. The first-order valence-electron chi connectivity index (χ1n) is 9.05. The number of hydrogen-bond acceptors (Lipinski definition) is 4. The predicted octanol–water partition coefficient (Wildman–Crippen LogP) is 4.58. The average molecular weight is 434 g/mol. The second-order valence-corrected chi connectivity index (χ2v) is 7.13. The average Bonchev–Trinajstić information content (AvgIpc) is 2.78. The summed E-state index contributed by atoms with van der Waals surface area (Å²) < 4.78 is 0. The van der Waals surface area contributed by atoms with Crippen LogP contribution in [0.4, 0.5) is 5.69 Å². The van der Waals surface area contributed by atoms with Gasteiger partial charge in [-0.2, -0.15) is 0 Å². The number of anilines is 1. The van der Waals surface area contributed by atoms with Gasteiger partial charge < -0.3 is 5.32 Å². The molecular formula is C22H16ClN5OS. The van der Waals surface area contributed by atoms with Gasteiger partial charge >= 0.3 is 0 Å². The zero-order valence-corrected chi connectivity index (χ0v) is 17.2. The molecule has 0 bridgehead atoms. The zero-order chi connectivity index (χ0) is 20.9. The minimum absolute atomic E-state index is 0.202. The van der Waals surface area contributed by atoms with Gasteiger partial charge in [-0.05, 0) is 42.5 Å². The summed E-state index contributed by atoms with van der Waals surface area (Å²) in [6.45, 7) is 0. The van der Waals surface area contributed by atoms with Crippen molar-refractivity contribution < 1.29 is 4.79 Å². The van der Waals surface area contributed by atoms with Crippen LogP contribution < -0.4 is 16.2 Å². The number of hydrazine groups is 1. The molecule has 0 radical (unpaired) electrons. The Hall–Kier alpha value is -3.55. The van der Waals surface area contributed by atoms with Crippen LogP contribution in [0, 0.1) is 0 Å². The van der Waals surface area contributed by atoms with Gasteiger partial charge in [-0.3, -0.25) is 15.6 Å². The van der Waals surface area contributed by atoms with Gasteiger partial charge in [-0.1, -0.05) is 54.1 Å². The number of rotatable bonds is 3. The lowest BCUT2D eigenvalue weighted by atomic mass is 10.0. The van der Waals surface area contributed by atoms with E-state index < -0.39 is 0 Å². The minimum atomic E-state index is -0.379. The van der Waals surface area contributed by atoms with E-state index in [1.807, 2.05) is 48.5 Å². The molecule has 0 atom stereocenters. The Balaban J connectivity index is 1.58. The molecule has 30 heavy (non-hydrogen) atoms. The highest BCUT2D eigenvalue weighted by Gasteiger charge is 2.16. The fourth-order valence-corrected chi connectivity index (χ4v) is 3.24. The molecule has 0 aliphatic carbocycles. The summed E-state index contributed by atoms with van der Waals surface area (Å²) in [6, 6.07) is 22.1. The van der Waals surface area contributed by atoms with Gasteiger partial charge in [-0.25, -0.2) is 9.97 Å². The maximum atomic E-state index is 13.0. The van der Waals surface area contributed by atoms with Crippen molar-refractivity contribution in [2.24, 2.45) is 0 Å². The molecule has 0 aliphatic heterocycles. The Labute approximate surface area is 183 Å². The summed E-state index contributed by atoms with van der Waals surface area (Å²) in [6.07, 6.45) is 1.67. The second-order valence-electron chi connectivity index (χ2n) is 6.31. The highest BCUT2D eigenvalue weighted by Crippen LogP contribution is 2.25. The van der Waals surface area contributed by atoms with E-state index in [2.05, 4.69) is 26.1 Å². The second kappa shape index (κ2) is 8.86. The van der Waals surface area contributed by atoms with Gasteiger partial charge in [-0.15, -0.1) is 0 Å². The smallest absolute Gasteiger partial charge is 0.271 e. The van der Waals surface area contributed by atoms with Gasteiger partial charge in [0.2, 0.25) is 0 Å². The SMILES string of the molecule is O=C(NNC(=S)Nc1ccccc1Cl)c1cc2cccnc2nc1-c1ccccc1. The van der Waals surface area contributed by atoms with Crippen molar-refractivity contribution in [3.63, 3.8) is 0 Å². The Kier molecular flexibility index (Phi) is 5.83. The number of halogens is 1. The minimum Gasteiger partial charge on any atom is -0.330 e. The van der Waals surface area contributed by atoms with Crippen molar-refractivity contribution in [3.05, 3.63) is 89.6 Å². The first-order chi connectivity index (χ1) is 14.6. The third kappa shape index (κ3) is 4.37. The van der Waals surface area contributed by atoms with Crippen LogP contribution in [0.25, 0.3) is 22.3 Å². The molecule has 148 valence electrons. The highest BCUT2D eigenvalue weighted by molar-refractivity contribution is 7.80. The number of carbonyl (C=O) groups is 1. The normalized spacial score (nSPS) is 10.4. The maximum absolute atomic E-state index is 13.0. The molecule has 0 fully saturated rings. The number of para-hydroxylation sites is 1. The molecule has 2 aromatic carbocycles. The monoisotopic (exact) mass is 433 g/mol. The van der Waals surface area contributed by atoms with Crippen molar-refractivity contribution in [2.75, 3.05) is 5.32 Å². The van der Waals surface area contributed by atoms with E-state index in [-0.39, 0.29) is 11.0 Å². The number of amides is 1. The van der Waals surface area contributed by atoms with Crippen molar-refractivity contribution in [2.45, 2.75) is 0 Å². The summed E-state index contributed by atoms with van der Waals surface area (Å²) in [4.78, 5) is 21.9. The number of fused-ring (bicyclic) bond motifs is 1. The van der Waals surface area contributed by atoms with Crippen molar-refractivity contribution >= 4 is 51.6 Å². The number of carbonyl (C=O) groups excluding carboxylic acids is 1. The van der Waals surface area contributed by atoms with Crippen LogP contribution in [0.2, 0.25) is 5.02 Å². The Morgan fingerprint density at radius 2 is 1.70 bits per heavy atom. The van der Waals surface area contributed by atoms with Crippen molar-refractivity contribution in [1.29, 1.82) is 0 Å². The molecule has 8 heteroatoms. The Morgan fingerprint density at radius 3 is 2.50 bits per heavy atom. The Morgan fingerprint density at radius 1 is 0.933 bits per heavy atom. The van der Waals surface area contributed by atoms with Gasteiger partial charge in [0, 0.05) is 17.1 Å². The molecular weight excluding hydrogens is 418 g/mol. The highest BCUT2D eigenvalue weighted by atomic mass is 35.5. The zero-order valence-electron chi connectivity index (χ0n) is 15.6. The third-order valence-corrected chi connectivity index (χ3v) is 4.83. The number of hydrogen-bond donors (Lipinski definition) is 3. The quantitative estimate of drug-likeness (QED) is 0.324. The van der Waals surface area contributed by atoms with Crippen LogP contribution >= 0.6 is 23.8 Å². The van der Waals surface area contributed by atoms with Crippen molar-refractivity contribution in [1.82, 2.24) is 20.8 Å². The lowest BCUT2D eigenvalue weighted by Crippen LogP contribution is -2.44. The molecule has 1 amide bonds. The maximum Gasteiger partial charge on any atom is 0.271 e. The lowest BCUT2D eigenvalue weighted by molar-refractivity contribution is 0.0944. The molecule has 3 N–H and O–H groups in total. The first-order valence-corrected chi connectivity index (χ1v) is 9.83. The molecule has 0 spiro atoms. The molecule has 4 aromatic rings. The summed E-state index contributed by atoms with van der Waals surface area (Å²) in [5, 5.41) is 4.43. The molecule has 0 saturated carbocycles. The van der Waals surface area contributed by atoms with E-state index in [0.717, 1.165) is 10.9 Å². The summed E-state index contributed by atoms with van der Waals surface area (Å²) in [7, 11) is 0. The number of thiocarbonyl (C=S) groups is 1. The number of benzene rings is 2. The van der Waals surface area contributed by atoms with E-state index in [1.54, 1.807) is 30.5 Å². The first kappa shape index (κ1) is 19.8. The number of aromatic nitrogens is 2. The standard InChI is InChI=1S/C22H16ClN5OS/c23-17-10-4-5-11-18(17)25-22(30)28-27-21(29)16-13-15-9-6-12-24-20(15)26-19(16)14-7-2-1-3-8-14/h1-13H,(H,27,29)(H2,25,28,30). The van der Waals surface area contributed by atoms with Crippen LogP contribution in [-0.2, 0) is 0 Å². The van der Waals surface area contributed by atoms with Crippen LogP contribution in [-0.4, -0.2) is 21.0 Å². The van der Waals surface area contributed by atoms with Gasteiger partial charge in [0.05, 0.1) is 22.0 Å². The summed E-state index contributed by atoms with van der Waals surface area (Å²) in [5.41, 5.74) is 8.26. The number of pyridine rings is 2. The van der Waals surface area contributed by atoms with Gasteiger partial charge in [0.1, 0.15) is 0 Å². The van der Waals surface area contributed by atoms with Crippen LogP contribution in [0.15, 0.2) is 79.0 Å². The fourth-order valence-electron chi connectivity index (χ4n) is 2.89. The molecule has 0 unspecified atom stereocenters. The van der Waals surface area contributed by atoms with Crippen LogP contribution in [0.3, 0.4) is 0 Å².